The molecule has 2 aromatic heterocycles. The molecule has 0 atom stereocenters. The number of hydrogen-bond donors (Lipinski definition) is 1. The average Bonchev–Trinajstić information content (AvgIpc) is 3.40. The Bertz CT molecular complexity index is 1120. The van der Waals surface area contributed by atoms with E-state index in [-0.39, 0.29) is 0 Å². The van der Waals surface area contributed by atoms with Crippen molar-refractivity contribution in [2.75, 3.05) is 23.3 Å². The van der Waals surface area contributed by atoms with Gasteiger partial charge >= 0.3 is 0 Å². The van der Waals surface area contributed by atoms with Crippen molar-refractivity contribution in [1.82, 2.24) is 14.5 Å². The van der Waals surface area contributed by atoms with E-state index in [9.17, 15) is 0 Å². The highest BCUT2D eigenvalue weighted by Gasteiger charge is 2.09. The van der Waals surface area contributed by atoms with Crippen LogP contribution in [0.25, 0.3) is 16.9 Å². The van der Waals surface area contributed by atoms with Gasteiger partial charge in [0, 0.05) is 47.3 Å². The second-order valence-electron chi connectivity index (χ2n) is 7.30. The Hall–Kier alpha value is -3.12. The highest BCUT2D eigenvalue weighted by molar-refractivity contribution is 7.14. The summed E-state index contributed by atoms with van der Waals surface area (Å²) in [5, 5.41) is 6.52. The highest BCUT2D eigenvalue weighted by atomic mass is 32.1. The lowest BCUT2D eigenvalue weighted by molar-refractivity contribution is 0.866. The van der Waals surface area contributed by atoms with Gasteiger partial charge in [-0.05, 0) is 57.5 Å². The summed E-state index contributed by atoms with van der Waals surface area (Å²) in [6, 6.07) is 15.0. The van der Waals surface area contributed by atoms with Crippen molar-refractivity contribution in [3.63, 3.8) is 0 Å². The van der Waals surface area contributed by atoms with Crippen LogP contribution in [0.5, 0.6) is 0 Å². The molecule has 2 aromatic carbocycles. The topological polar surface area (TPSA) is 46.0 Å². The first-order chi connectivity index (χ1) is 14.6. The second kappa shape index (κ2) is 8.71. The number of anilines is 3. The van der Waals surface area contributed by atoms with E-state index in [0.717, 1.165) is 46.5 Å². The molecule has 0 aliphatic heterocycles. The van der Waals surface area contributed by atoms with Crippen molar-refractivity contribution >= 4 is 27.8 Å². The van der Waals surface area contributed by atoms with Gasteiger partial charge in [0.1, 0.15) is 0 Å². The van der Waals surface area contributed by atoms with E-state index in [0.29, 0.717) is 0 Å². The van der Waals surface area contributed by atoms with Gasteiger partial charge in [-0.25, -0.2) is 9.97 Å². The Morgan fingerprint density at radius 3 is 2.47 bits per heavy atom. The fraction of sp³-hybridized carbons (Fsp3) is 0.250. The monoisotopic (exact) mass is 417 g/mol. The van der Waals surface area contributed by atoms with Gasteiger partial charge < -0.3 is 14.8 Å². The van der Waals surface area contributed by atoms with Crippen molar-refractivity contribution in [3.05, 3.63) is 71.6 Å². The lowest BCUT2D eigenvalue weighted by Gasteiger charge is -2.22. The van der Waals surface area contributed by atoms with E-state index in [1.165, 1.54) is 11.3 Å². The zero-order chi connectivity index (χ0) is 21.1. The minimum Gasteiger partial charge on any atom is -0.372 e. The fourth-order valence-corrected chi connectivity index (χ4v) is 4.21. The van der Waals surface area contributed by atoms with Crippen molar-refractivity contribution in [2.45, 2.75) is 27.7 Å². The molecule has 0 saturated carbocycles. The number of imidazole rings is 1. The van der Waals surface area contributed by atoms with E-state index in [1.54, 1.807) is 11.3 Å². The van der Waals surface area contributed by atoms with Gasteiger partial charge in [-0.3, -0.25) is 0 Å². The Labute approximate surface area is 182 Å². The van der Waals surface area contributed by atoms with Crippen LogP contribution in [-0.4, -0.2) is 27.6 Å². The van der Waals surface area contributed by atoms with Crippen LogP contribution in [-0.2, 0) is 0 Å². The Morgan fingerprint density at radius 2 is 1.80 bits per heavy atom. The number of benzene rings is 2. The summed E-state index contributed by atoms with van der Waals surface area (Å²) in [5.41, 5.74) is 7.73. The molecule has 0 aliphatic rings. The summed E-state index contributed by atoms with van der Waals surface area (Å²) in [6.07, 6.45) is 3.86. The molecule has 4 aromatic rings. The third-order valence-electron chi connectivity index (χ3n) is 5.27. The maximum Gasteiger partial charge on any atom is 0.187 e. The summed E-state index contributed by atoms with van der Waals surface area (Å²) in [6.45, 7) is 10.5. The fourth-order valence-electron chi connectivity index (χ4n) is 3.48. The molecule has 5 nitrogen and oxygen atoms in total. The molecule has 0 fully saturated rings. The summed E-state index contributed by atoms with van der Waals surface area (Å²) in [4.78, 5) is 11.5. The first-order valence-corrected chi connectivity index (χ1v) is 11.1. The Kier molecular flexibility index (Phi) is 5.86. The maximum absolute atomic E-state index is 4.81. The van der Waals surface area contributed by atoms with Crippen molar-refractivity contribution < 1.29 is 0 Å². The minimum atomic E-state index is 0.902. The molecule has 4 rings (SSSR count). The minimum absolute atomic E-state index is 0.902. The number of nitrogens with zero attached hydrogens (tertiary/aromatic N) is 4. The zero-order valence-corrected chi connectivity index (χ0v) is 18.7. The smallest absolute Gasteiger partial charge is 0.187 e. The molecule has 0 bridgehead atoms. The molecule has 154 valence electrons. The second-order valence-corrected chi connectivity index (χ2v) is 8.16. The number of rotatable bonds is 7. The predicted molar refractivity (Wildman–Crippen MR) is 127 cm³/mol. The zero-order valence-electron chi connectivity index (χ0n) is 17.9. The molecule has 0 amide bonds. The van der Waals surface area contributed by atoms with Gasteiger partial charge in [0.2, 0.25) is 0 Å². The highest BCUT2D eigenvalue weighted by Crippen LogP contribution is 2.31. The van der Waals surface area contributed by atoms with Gasteiger partial charge in [0.25, 0.3) is 0 Å². The standard InChI is InChI=1S/C24H27N5S/c1-5-28(6-2)21-10-7-17(3)22(13-21)26-24-27-23(15-30-24)19-8-11-20(12-9-19)29-14-18(4)25-16-29/h7-16H,5-6H2,1-4H3,(H,26,27). The molecule has 0 saturated heterocycles. The van der Waals surface area contributed by atoms with E-state index >= 15 is 0 Å². The van der Waals surface area contributed by atoms with Gasteiger partial charge in [-0.1, -0.05) is 18.2 Å². The summed E-state index contributed by atoms with van der Waals surface area (Å²) >= 11 is 1.63. The van der Waals surface area contributed by atoms with Crippen molar-refractivity contribution in [2.24, 2.45) is 0 Å². The Morgan fingerprint density at radius 1 is 1.03 bits per heavy atom. The lowest BCUT2D eigenvalue weighted by Crippen LogP contribution is -2.21. The number of nitrogens with one attached hydrogen (secondary N) is 1. The molecule has 6 heteroatoms. The van der Waals surface area contributed by atoms with Crippen LogP contribution in [0.2, 0.25) is 0 Å². The number of aryl methyl sites for hydroxylation is 2. The molecular weight excluding hydrogens is 390 g/mol. The molecule has 0 radical (unpaired) electrons. The van der Waals surface area contributed by atoms with Crippen LogP contribution >= 0.6 is 11.3 Å². The number of hydrogen-bond acceptors (Lipinski definition) is 5. The average molecular weight is 418 g/mol. The Balaban J connectivity index is 1.53. The van der Waals surface area contributed by atoms with E-state index in [4.69, 9.17) is 4.98 Å². The predicted octanol–water partition coefficient (Wildman–Crippen LogP) is 6.20. The van der Waals surface area contributed by atoms with Crippen LogP contribution in [0.4, 0.5) is 16.5 Å². The maximum atomic E-state index is 4.81. The molecule has 0 aliphatic carbocycles. The van der Waals surface area contributed by atoms with Crippen LogP contribution in [0.15, 0.2) is 60.4 Å². The SMILES string of the molecule is CCN(CC)c1ccc(C)c(Nc2nc(-c3ccc(-n4cnc(C)c4)cc3)cs2)c1. The van der Waals surface area contributed by atoms with Gasteiger partial charge in [-0.15, -0.1) is 11.3 Å². The molecule has 0 spiro atoms. The largest absolute Gasteiger partial charge is 0.372 e. The quantitative estimate of drug-likeness (QED) is 0.389. The number of thiazole rings is 1. The molecule has 2 heterocycles. The van der Waals surface area contributed by atoms with Gasteiger partial charge in [-0.2, -0.15) is 0 Å². The van der Waals surface area contributed by atoms with E-state index in [2.05, 4.69) is 83.8 Å². The summed E-state index contributed by atoms with van der Waals surface area (Å²) in [5.74, 6) is 0. The third kappa shape index (κ3) is 4.24. The summed E-state index contributed by atoms with van der Waals surface area (Å²) < 4.78 is 2.03. The lowest BCUT2D eigenvalue weighted by atomic mass is 10.1. The normalized spacial score (nSPS) is 10.9. The molecule has 30 heavy (non-hydrogen) atoms. The van der Waals surface area contributed by atoms with E-state index < -0.39 is 0 Å². The first kappa shape index (κ1) is 20.2. The van der Waals surface area contributed by atoms with Crippen LogP contribution in [0, 0.1) is 13.8 Å². The van der Waals surface area contributed by atoms with Crippen molar-refractivity contribution in [3.8, 4) is 16.9 Å². The number of aromatic nitrogens is 3. The summed E-state index contributed by atoms with van der Waals surface area (Å²) in [7, 11) is 0. The molecular formula is C24H27N5S. The third-order valence-corrected chi connectivity index (χ3v) is 6.03. The van der Waals surface area contributed by atoms with Crippen molar-refractivity contribution in [1.29, 1.82) is 0 Å². The molecule has 0 unspecified atom stereocenters. The van der Waals surface area contributed by atoms with E-state index in [1.807, 2.05) is 24.0 Å². The van der Waals surface area contributed by atoms with Gasteiger partial charge in [0.15, 0.2) is 5.13 Å². The van der Waals surface area contributed by atoms with Crippen LogP contribution in [0.3, 0.4) is 0 Å². The van der Waals surface area contributed by atoms with Gasteiger partial charge in [0.05, 0.1) is 17.7 Å². The first-order valence-electron chi connectivity index (χ1n) is 10.3. The van der Waals surface area contributed by atoms with Crippen LogP contribution < -0.4 is 10.2 Å². The van der Waals surface area contributed by atoms with Crippen LogP contribution in [0.1, 0.15) is 25.1 Å². The molecule has 1 N–H and O–H groups in total.